The highest BCUT2D eigenvalue weighted by atomic mass is 32.2. The van der Waals surface area contributed by atoms with E-state index >= 15 is 0 Å². The summed E-state index contributed by atoms with van der Waals surface area (Å²) in [5.41, 5.74) is 4.32. The monoisotopic (exact) mass is 291 g/mol. The van der Waals surface area contributed by atoms with Crippen molar-refractivity contribution in [2.45, 2.75) is 43.9 Å². The van der Waals surface area contributed by atoms with E-state index in [2.05, 4.69) is 12.1 Å². The van der Waals surface area contributed by atoms with E-state index < -0.39 is 11.2 Å². The van der Waals surface area contributed by atoms with Crippen LogP contribution in [0.1, 0.15) is 44.6 Å². The maximum Gasteiger partial charge on any atom is 0.152 e. The molecule has 0 bridgehead atoms. The summed E-state index contributed by atoms with van der Waals surface area (Å²) in [5.74, 6) is 0. The molecule has 0 heterocycles. The van der Waals surface area contributed by atoms with Gasteiger partial charge in [-0.3, -0.25) is 0 Å². The molecule has 20 heavy (non-hydrogen) atoms. The molecule has 0 saturated carbocycles. The van der Waals surface area contributed by atoms with E-state index in [1.165, 1.54) is 5.57 Å². The highest BCUT2D eigenvalue weighted by Gasteiger charge is 2.23. The second-order valence-electron chi connectivity index (χ2n) is 5.11. The topological polar surface area (TPSA) is 55.7 Å². The van der Waals surface area contributed by atoms with Crippen LogP contribution in [0.25, 0.3) is 5.57 Å². The molecule has 0 aliphatic heterocycles. The third-order valence-corrected chi connectivity index (χ3v) is 4.67. The van der Waals surface area contributed by atoms with E-state index in [1.807, 2.05) is 24.3 Å². The van der Waals surface area contributed by atoms with Gasteiger partial charge in [0.05, 0.1) is 5.71 Å². The van der Waals surface area contributed by atoms with Gasteiger partial charge in [-0.15, -0.1) is 0 Å². The molecule has 0 radical (unpaired) electrons. The van der Waals surface area contributed by atoms with Gasteiger partial charge in [-0.05, 0) is 66.7 Å². The first-order valence-electron chi connectivity index (χ1n) is 7.04. The predicted molar refractivity (Wildman–Crippen MR) is 83.7 cm³/mol. The Hall–Kier alpha value is -1.26. The Morgan fingerprint density at radius 2 is 1.95 bits per heavy atom. The third-order valence-electron chi connectivity index (χ3n) is 3.73. The van der Waals surface area contributed by atoms with Gasteiger partial charge in [0.2, 0.25) is 0 Å². The summed E-state index contributed by atoms with van der Waals surface area (Å²) in [6, 6.07) is 7.75. The molecule has 108 valence electrons. The van der Waals surface area contributed by atoms with Gasteiger partial charge in [-0.25, -0.2) is 0 Å². The number of benzene rings is 1. The number of hydrogen-bond acceptors (Lipinski definition) is 3. The number of oxime groups is 1. The zero-order chi connectivity index (χ0) is 14.5. The van der Waals surface area contributed by atoms with Crippen molar-refractivity contribution < 1.29 is 9.76 Å². The Balaban J connectivity index is 2.34. The molecule has 4 heteroatoms. The molecule has 0 fully saturated rings. The van der Waals surface area contributed by atoms with E-state index in [0.717, 1.165) is 53.8 Å². The Morgan fingerprint density at radius 3 is 2.50 bits per heavy atom. The predicted octanol–water partition coefficient (Wildman–Crippen LogP) is 3.99. The van der Waals surface area contributed by atoms with Crippen LogP contribution in [-0.4, -0.2) is 21.7 Å². The Morgan fingerprint density at radius 1 is 1.25 bits per heavy atom. The molecule has 1 unspecified atom stereocenters. The largest absolute Gasteiger partial charge is 0.612 e. The summed E-state index contributed by atoms with van der Waals surface area (Å²) in [6.07, 6.45) is 6.86. The lowest BCUT2D eigenvalue weighted by Crippen LogP contribution is -2.00. The van der Waals surface area contributed by atoms with E-state index in [1.54, 1.807) is 6.26 Å². The summed E-state index contributed by atoms with van der Waals surface area (Å²) >= 11 is -0.959. The lowest BCUT2D eigenvalue weighted by molar-refractivity contribution is 0.319. The first-order chi connectivity index (χ1) is 9.67. The van der Waals surface area contributed by atoms with Crippen LogP contribution in [0.4, 0.5) is 0 Å². The summed E-state index contributed by atoms with van der Waals surface area (Å²) in [6.45, 7) is 2.18. The van der Waals surface area contributed by atoms with E-state index in [4.69, 9.17) is 0 Å². The van der Waals surface area contributed by atoms with Crippen molar-refractivity contribution in [3.8, 4) is 0 Å². The number of nitrogens with zero attached hydrogens (tertiary/aromatic N) is 1. The smallest absolute Gasteiger partial charge is 0.152 e. The summed E-state index contributed by atoms with van der Waals surface area (Å²) in [4.78, 5) is 0.824. The van der Waals surface area contributed by atoms with Gasteiger partial charge >= 0.3 is 0 Å². The molecule has 3 nitrogen and oxygen atoms in total. The average Bonchev–Trinajstić information content (AvgIpc) is 2.88. The first-order valence-corrected chi connectivity index (χ1v) is 8.60. The van der Waals surface area contributed by atoms with Crippen LogP contribution >= 0.6 is 0 Å². The van der Waals surface area contributed by atoms with Crippen molar-refractivity contribution in [2.24, 2.45) is 5.16 Å². The van der Waals surface area contributed by atoms with Gasteiger partial charge in [0, 0.05) is 5.57 Å². The van der Waals surface area contributed by atoms with Gasteiger partial charge < -0.3 is 9.76 Å². The Kier molecular flexibility index (Phi) is 5.26. The summed E-state index contributed by atoms with van der Waals surface area (Å²) in [7, 11) is 0. The zero-order valence-corrected chi connectivity index (χ0v) is 12.9. The third kappa shape index (κ3) is 3.25. The van der Waals surface area contributed by atoms with Crippen molar-refractivity contribution in [1.29, 1.82) is 0 Å². The molecule has 0 spiro atoms. The molecule has 1 aliphatic carbocycles. The summed E-state index contributed by atoms with van der Waals surface area (Å²) in [5, 5.41) is 12.6. The number of unbranched alkanes of at least 4 members (excludes halogenated alkanes) is 1. The van der Waals surface area contributed by atoms with Crippen molar-refractivity contribution in [1.82, 2.24) is 0 Å². The van der Waals surface area contributed by atoms with Crippen molar-refractivity contribution in [3.05, 3.63) is 35.4 Å². The van der Waals surface area contributed by atoms with Crippen LogP contribution in [0.15, 0.2) is 39.9 Å². The second-order valence-corrected chi connectivity index (χ2v) is 6.49. The molecule has 1 atom stereocenters. The molecule has 0 aromatic heterocycles. The normalized spacial score (nSPS) is 18.9. The quantitative estimate of drug-likeness (QED) is 0.506. The molecule has 1 aromatic carbocycles. The van der Waals surface area contributed by atoms with Crippen LogP contribution in [0.3, 0.4) is 0 Å². The van der Waals surface area contributed by atoms with E-state index in [-0.39, 0.29) is 0 Å². The minimum Gasteiger partial charge on any atom is -0.612 e. The molecular weight excluding hydrogens is 270 g/mol. The zero-order valence-electron chi connectivity index (χ0n) is 12.1. The minimum absolute atomic E-state index is 0.779. The first kappa shape index (κ1) is 15.1. The number of allylic oxidation sites excluding steroid dienone is 2. The maximum atomic E-state index is 11.4. The average molecular weight is 291 g/mol. The molecule has 1 N–H and O–H groups in total. The molecule has 1 aliphatic rings. The van der Waals surface area contributed by atoms with Crippen LogP contribution in [0.2, 0.25) is 0 Å². The van der Waals surface area contributed by atoms with Gasteiger partial charge in [0.1, 0.15) is 6.26 Å². The second kappa shape index (κ2) is 6.95. The molecule has 0 saturated heterocycles. The highest BCUT2D eigenvalue weighted by Crippen LogP contribution is 2.35. The fourth-order valence-corrected chi connectivity index (χ4v) is 3.17. The number of rotatable bonds is 5. The highest BCUT2D eigenvalue weighted by molar-refractivity contribution is 7.90. The van der Waals surface area contributed by atoms with Gasteiger partial charge in [0.25, 0.3) is 0 Å². The molecular formula is C16H21NO2S. The Bertz CT molecular complexity index is 518. The molecule has 2 rings (SSSR count). The fourth-order valence-electron chi connectivity index (χ4n) is 2.65. The SMILES string of the molecule is CCCCC1=C(c2ccc([S+](C)[O-])cc2)/C(=N/O)CC1. The van der Waals surface area contributed by atoms with E-state index in [9.17, 15) is 9.76 Å². The van der Waals surface area contributed by atoms with Crippen molar-refractivity contribution in [2.75, 3.05) is 6.26 Å². The lowest BCUT2D eigenvalue weighted by atomic mass is 9.98. The summed E-state index contributed by atoms with van der Waals surface area (Å²) < 4.78 is 11.4. The van der Waals surface area contributed by atoms with Crippen LogP contribution in [0.5, 0.6) is 0 Å². The standard InChI is InChI=1S/C16H21NO2S/c1-3-4-5-12-8-11-15(17-18)16(12)13-6-9-14(10-7-13)20(2)19/h6-7,9-10,18H,3-5,8,11H2,1-2H3/b17-15+. The Labute approximate surface area is 123 Å². The molecule has 0 amide bonds. The number of hydrogen-bond donors (Lipinski definition) is 1. The van der Waals surface area contributed by atoms with Gasteiger partial charge in [-0.2, -0.15) is 0 Å². The van der Waals surface area contributed by atoms with Crippen LogP contribution in [0, 0.1) is 0 Å². The van der Waals surface area contributed by atoms with Crippen molar-refractivity contribution in [3.63, 3.8) is 0 Å². The molecule has 1 aromatic rings. The van der Waals surface area contributed by atoms with Crippen LogP contribution in [-0.2, 0) is 11.2 Å². The minimum atomic E-state index is -0.959. The maximum absolute atomic E-state index is 11.4. The van der Waals surface area contributed by atoms with E-state index in [0.29, 0.717) is 0 Å². The van der Waals surface area contributed by atoms with Crippen molar-refractivity contribution >= 4 is 22.5 Å². The fraction of sp³-hybridized carbons (Fsp3) is 0.438. The van der Waals surface area contributed by atoms with Gasteiger partial charge in [-0.1, -0.05) is 24.1 Å². The lowest BCUT2D eigenvalue weighted by Gasteiger charge is -2.09. The van der Waals surface area contributed by atoms with Gasteiger partial charge in [0.15, 0.2) is 4.90 Å². The van der Waals surface area contributed by atoms with Crippen LogP contribution < -0.4 is 0 Å².